The first-order valence-corrected chi connectivity index (χ1v) is 7.31. The molecule has 1 aromatic rings. The molecule has 0 bridgehead atoms. The summed E-state index contributed by atoms with van der Waals surface area (Å²) in [6.07, 6.45) is 7.17. The molecule has 5 heteroatoms. The van der Waals surface area contributed by atoms with Gasteiger partial charge in [0.1, 0.15) is 0 Å². The fourth-order valence-corrected chi connectivity index (χ4v) is 2.25. The number of nitrogens with one attached hydrogen (secondary N) is 1. The highest BCUT2D eigenvalue weighted by Crippen LogP contribution is 2.37. The standard InChI is InChI=1S/C14H21FN4/c1-2-7-16-14-17-8-12(15)13(18-14)19(11-5-6-11)9-10-3-4-10/h8,10-11H,2-7,9H2,1H3,(H,16,17,18). The highest BCUT2D eigenvalue weighted by molar-refractivity contribution is 5.46. The van der Waals surface area contributed by atoms with E-state index in [2.05, 4.69) is 27.1 Å². The molecule has 0 spiro atoms. The number of hydrogen-bond acceptors (Lipinski definition) is 4. The van der Waals surface area contributed by atoms with Gasteiger partial charge in [0.05, 0.1) is 6.20 Å². The Kier molecular flexibility index (Phi) is 3.53. The van der Waals surface area contributed by atoms with Gasteiger partial charge in [0.25, 0.3) is 0 Å². The molecule has 104 valence electrons. The second kappa shape index (κ2) is 5.31. The van der Waals surface area contributed by atoms with Crippen molar-refractivity contribution in [3.8, 4) is 0 Å². The van der Waals surface area contributed by atoms with Gasteiger partial charge < -0.3 is 10.2 Å². The van der Waals surface area contributed by atoms with E-state index >= 15 is 0 Å². The Balaban J connectivity index is 1.78. The maximum Gasteiger partial charge on any atom is 0.224 e. The third-order valence-electron chi connectivity index (χ3n) is 3.67. The average Bonchev–Trinajstić information content (AvgIpc) is 3.27. The molecule has 1 N–H and O–H groups in total. The monoisotopic (exact) mass is 264 g/mol. The van der Waals surface area contributed by atoms with Crippen molar-refractivity contribution in [2.45, 2.75) is 45.1 Å². The number of hydrogen-bond donors (Lipinski definition) is 1. The highest BCUT2D eigenvalue weighted by Gasteiger charge is 2.35. The minimum Gasteiger partial charge on any atom is -0.354 e. The lowest BCUT2D eigenvalue weighted by molar-refractivity contribution is 0.593. The summed E-state index contributed by atoms with van der Waals surface area (Å²) < 4.78 is 14.0. The Bertz CT molecular complexity index is 443. The maximum absolute atomic E-state index is 14.0. The molecule has 0 saturated heterocycles. The molecule has 0 aromatic carbocycles. The van der Waals surface area contributed by atoms with Crippen LogP contribution in [0, 0.1) is 11.7 Å². The zero-order chi connectivity index (χ0) is 13.2. The molecule has 1 heterocycles. The van der Waals surface area contributed by atoms with Gasteiger partial charge in [0.15, 0.2) is 11.6 Å². The fourth-order valence-electron chi connectivity index (χ4n) is 2.25. The van der Waals surface area contributed by atoms with Crippen molar-refractivity contribution in [2.75, 3.05) is 23.3 Å². The van der Waals surface area contributed by atoms with E-state index in [1.54, 1.807) is 0 Å². The van der Waals surface area contributed by atoms with Crippen molar-refractivity contribution in [1.82, 2.24) is 9.97 Å². The molecular weight excluding hydrogens is 243 g/mol. The largest absolute Gasteiger partial charge is 0.354 e. The van der Waals surface area contributed by atoms with Gasteiger partial charge in [0, 0.05) is 19.1 Å². The smallest absolute Gasteiger partial charge is 0.224 e. The van der Waals surface area contributed by atoms with Crippen LogP contribution in [0.1, 0.15) is 39.0 Å². The second-order valence-corrected chi connectivity index (χ2v) is 5.62. The molecule has 1 aromatic heterocycles. The van der Waals surface area contributed by atoms with Crippen LogP contribution in [-0.4, -0.2) is 29.1 Å². The van der Waals surface area contributed by atoms with Crippen LogP contribution in [-0.2, 0) is 0 Å². The molecule has 0 atom stereocenters. The van der Waals surface area contributed by atoms with Gasteiger partial charge in [-0.1, -0.05) is 6.92 Å². The van der Waals surface area contributed by atoms with E-state index in [9.17, 15) is 4.39 Å². The lowest BCUT2D eigenvalue weighted by atomic mass is 10.3. The van der Waals surface area contributed by atoms with Crippen LogP contribution < -0.4 is 10.2 Å². The Labute approximate surface area is 113 Å². The molecule has 0 aliphatic heterocycles. The van der Waals surface area contributed by atoms with E-state index in [1.165, 1.54) is 19.0 Å². The second-order valence-electron chi connectivity index (χ2n) is 5.62. The number of aromatic nitrogens is 2. The minimum absolute atomic E-state index is 0.297. The third-order valence-corrected chi connectivity index (χ3v) is 3.67. The van der Waals surface area contributed by atoms with Crippen molar-refractivity contribution in [1.29, 1.82) is 0 Å². The van der Waals surface area contributed by atoms with E-state index in [0.29, 0.717) is 17.8 Å². The van der Waals surface area contributed by atoms with Crippen molar-refractivity contribution >= 4 is 11.8 Å². The summed E-state index contributed by atoms with van der Waals surface area (Å²) >= 11 is 0. The quantitative estimate of drug-likeness (QED) is 0.822. The first-order chi connectivity index (χ1) is 9.28. The number of nitrogens with zero attached hydrogens (tertiary/aromatic N) is 3. The Morgan fingerprint density at radius 3 is 2.79 bits per heavy atom. The molecule has 2 aliphatic carbocycles. The Morgan fingerprint density at radius 1 is 1.37 bits per heavy atom. The minimum atomic E-state index is -0.297. The summed E-state index contributed by atoms with van der Waals surface area (Å²) in [6, 6.07) is 0.490. The number of anilines is 2. The molecule has 0 radical (unpaired) electrons. The lowest BCUT2D eigenvalue weighted by Gasteiger charge is -2.24. The van der Waals surface area contributed by atoms with Crippen molar-refractivity contribution in [3.63, 3.8) is 0 Å². The molecule has 19 heavy (non-hydrogen) atoms. The van der Waals surface area contributed by atoms with Crippen LogP contribution in [0.25, 0.3) is 0 Å². The SMILES string of the molecule is CCCNc1ncc(F)c(N(CC2CC2)C2CC2)n1. The normalized spacial score (nSPS) is 18.4. The van der Waals surface area contributed by atoms with Crippen LogP contribution in [0.4, 0.5) is 16.2 Å². The molecule has 3 rings (SSSR count). The summed E-state index contributed by atoms with van der Waals surface area (Å²) in [5.41, 5.74) is 0. The third kappa shape index (κ3) is 3.14. The summed E-state index contributed by atoms with van der Waals surface area (Å²) in [5, 5.41) is 3.13. The van der Waals surface area contributed by atoms with E-state index < -0.39 is 0 Å². The summed E-state index contributed by atoms with van der Waals surface area (Å²) in [6.45, 7) is 3.85. The van der Waals surface area contributed by atoms with Gasteiger partial charge in [-0.3, -0.25) is 0 Å². The number of halogens is 1. The molecular formula is C14H21FN4. The van der Waals surface area contributed by atoms with Crippen LogP contribution in [0.3, 0.4) is 0 Å². The summed E-state index contributed by atoms with van der Waals surface area (Å²) in [4.78, 5) is 10.5. The van der Waals surface area contributed by atoms with Crippen LogP contribution in [0.2, 0.25) is 0 Å². The molecule has 0 amide bonds. The van der Waals surface area contributed by atoms with Crippen molar-refractivity contribution < 1.29 is 4.39 Å². The topological polar surface area (TPSA) is 41.1 Å². The molecule has 2 saturated carbocycles. The Morgan fingerprint density at radius 2 is 2.16 bits per heavy atom. The zero-order valence-corrected chi connectivity index (χ0v) is 11.4. The lowest BCUT2D eigenvalue weighted by Crippen LogP contribution is -2.30. The van der Waals surface area contributed by atoms with Gasteiger partial charge in [-0.25, -0.2) is 9.37 Å². The van der Waals surface area contributed by atoms with Gasteiger partial charge >= 0.3 is 0 Å². The first-order valence-electron chi connectivity index (χ1n) is 7.31. The van der Waals surface area contributed by atoms with Crippen molar-refractivity contribution in [3.05, 3.63) is 12.0 Å². The van der Waals surface area contributed by atoms with Gasteiger partial charge in [-0.15, -0.1) is 0 Å². The van der Waals surface area contributed by atoms with E-state index in [4.69, 9.17) is 0 Å². The predicted molar refractivity (Wildman–Crippen MR) is 73.9 cm³/mol. The van der Waals surface area contributed by atoms with Crippen LogP contribution in [0.15, 0.2) is 6.20 Å². The van der Waals surface area contributed by atoms with Gasteiger partial charge in [-0.2, -0.15) is 4.98 Å². The Hall–Kier alpha value is -1.39. The first kappa shape index (κ1) is 12.6. The fraction of sp³-hybridized carbons (Fsp3) is 0.714. The predicted octanol–water partition coefficient (Wildman–Crippen LogP) is 2.82. The van der Waals surface area contributed by atoms with Gasteiger partial charge in [-0.05, 0) is 38.0 Å². The van der Waals surface area contributed by atoms with Crippen LogP contribution >= 0.6 is 0 Å². The molecule has 2 aliphatic rings. The molecule has 2 fully saturated rings. The maximum atomic E-state index is 14.0. The number of rotatable bonds is 7. The average molecular weight is 264 g/mol. The van der Waals surface area contributed by atoms with Gasteiger partial charge in [0.2, 0.25) is 5.95 Å². The molecule has 4 nitrogen and oxygen atoms in total. The molecule has 0 unspecified atom stereocenters. The highest BCUT2D eigenvalue weighted by atomic mass is 19.1. The summed E-state index contributed by atoms with van der Waals surface area (Å²) in [7, 11) is 0. The summed E-state index contributed by atoms with van der Waals surface area (Å²) in [5.74, 6) is 1.47. The van der Waals surface area contributed by atoms with E-state index in [-0.39, 0.29) is 5.82 Å². The van der Waals surface area contributed by atoms with Crippen molar-refractivity contribution in [2.24, 2.45) is 5.92 Å². The van der Waals surface area contributed by atoms with Crippen LogP contribution in [0.5, 0.6) is 0 Å². The zero-order valence-electron chi connectivity index (χ0n) is 11.4. The van der Waals surface area contributed by atoms with E-state index in [1.807, 2.05) is 0 Å². The van der Waals surface area contributed by atoms with E-state index in [0.717, 1.165) is 38.3 Å².